The molecule has 0 aromatic rings. The van der Waals surface area contributed by atoms with Crippen LogP contribution in [-0.4, -0.2) is 22.7 Å². The van der Waals surface area contributed by atoms with Crippen LogP contribution >= 0.6 is 0 Å². The molecule has 0 bridgehead atoms. The van der Waals surface area contributed by atoms with E-state index in [9.17, 15) is 9.90 Å². The molecular formula is C21H29NO2. The highest BCUT2D eigenvalue weighted by Crippen LogP contribution is 2.66. The van der Waals surface area contributed by atoms with Crippen LogP contribution in [0.3, 0.4) is 0 Å². The van der Waals surface area contributed by atoms with Gasteiger partial charge < -0.3 is 10.5 Å². The Balaban J connectivity index is 1.74. The van der Waals surface area contributed by atoms with Crippen LogP contribution in [0.4, 0.5) is 0 Å². The fraction of sp³-hybridized carbons (Fsp3) is 0.714. The number of allylic oxidation sites excluding steroid dienone is 2. The normalized spacial score (nSPS) is 50.3. The summed E-state index contributed by atoms with van der Waals surface area (Å²) in [6.45, 7) is 6.33. The zero-order valence-corrected chi connectivity index (χ0v) is 14.6. The molecule has 2 N–H and O–H groups in total. The van der Waals surface area contributed by atoms with Gasteiger partial charge in [-0.3, -0.25) is 4.79 Å². The van der Waals surface area contributed by atoms with Gasteiger partial charge in [-0.15, -0.1) is 6.58 Å². The number of ketones is 1. The zero-order chi connectivity index (χ0) is 17.1. The van der Waals surface area contributed by atoms with Crippen LogP contribution in [-0.2, 0) is 4.79 Å². The summed E-state index contributed by atoms with van der Waals surface area (Å²) in [5.74, 6) is 2.86. The van der Waals surface area contributed by atoms with Crippen molar-refractivity contribution < 1.29 is 9.90 Å². The predicted octanol–water partition coefficient (Wildman–Crippen LogP) is 3.92. The fourth-order valence-corrected chi connectivity index (χ4v) is 6.89. The average molecular weight is 327 g/mol. The number of carbonyl (C=O) groups excluding carboxylic acids is 1. The van der Waals surface area contributed by atoms with Gasteiger partial charge in [-0.2, -0.15) is 0 Å². The molecule has 0 aliphatic heterocycles. The van der Waals surface area contributed by atoms with E-state index >= 15 is 0 Å². The SMILES string of the molecule is C=CC1CC2(C)C(CC[C@@]2(O)C=N)C2CCC3=CC(=O)CCC3C12. The standard InChI is InChI=1S/C21H29NO2/c1-3-13-11-20(2)18(8-9-21(20,24)12-22)17-6-4-14-10-15(23)5-7-16(14)19(13)17/h3,10,12-13,16-19,22,24H,1,4-9,11H2,2H3/t13?,16?,17?,18?,19?,20?,21-/m1/s1. The molecule has 0 spiro atoms. The number of hydrogen-bond acceptors (Lipinski definition) is 3. The van der Waals surface area contributed by atoms with Crippen LogP contribution in [0.15, 0.2) is 24.3 Å². The van der Waals surface area contributed by atoms with Crippen molar-refractivity contribution in [3.05, 3.63) is 24.3 Å². The van der Waals surface area contributed by atoms with E-state index in [-0.39, 0.29) is 5.41 Å². The molecule has 4 aliphatic carbocycles. The van der Waals surface area contributed by atoms with Gasteiger partial charge in [0.2, 0.25) is 0 Å². The van der Waals surface area contributed by atoms with Crippen LogP contribution < -0.4 is 0 Å². The zero-order valence-electron chi connectivity index (χ0n) is 14.6. The maximum Gasteiger partial charge on any atom is 0.155 e. The third-order valence-electron chi connectivity index (χ3n) is 8.11. The molecule has 6 unspecified atom stereocenters. The lowest BCUT2D eigenvalue weighted by Gasteiger charge is -2.57. The second-order valence-corrected chi connectivity index (χ2v) is 8.85. The minimum atomic E-state index is -0.956. The Morgan fingerprint density at radius 3 is 2.83 bits per heavy atom. The van der Waals surface area contributed by atoms with Crippen molar-refractivity contribution in [3.63, 3.8) is 0 Å². The Labute approximate surface area is 144 Å². The van der Waals surface area contributed by atoms with E-state index in [1.54, 1.807) is 0 Å². The number of rotatable bonds is 2. The maximum absolute atomic E-state index is 11.8. The largest absolute Gasteiger partial charge is 0.384 e. The summed E-state index contributed by atoms with van der Waals surface area (Å²) in [7, 11) is 0. The van der Waals surface area contributed by atoms with Gasteiger partial charge >= 0.3 is 0 Å². The van der Waals surface area contributed by atoms with Crippen molar-refractivity contribution in [1.82, 2.24) is 0 Å². The molecule has 0 aromatic carbocycles. The van der Waals surface area contributed by atoms with Crippen LogP contribution in [0, 0.1) is 40.4 Å². The summed E-state index contributed by atoms with van der Waals surface area (Å²) >= 11 is 0. The van der Waals surface area contributed by atoms with Gasteiger partial charge in [-0.05, 0) is 74.2 Å². The topological polar surface area (TPSA) is 61.1 Å². The molecule has 4 aliphatic rings. The lowest BCUT2D eigenvalue weighted by atomic mass is 9.47. The Morgan fingerprint density at radius 2 is 2.12 bits per heavy atom. The monoisotopic (exact) mass is 327 g/mol. The summed E-state index contributed by atoms with van der Waals surface area (Å²) in [5.41, 5.74) is 0.214. The van der Waals surface area contributed by atoms with Gasteiger partial charge in [0, 0.05) is 18.1 Å². The lowest BCUT2D eigenvalue weighted by Crippen LogP contribution is -2.56. The Morgan fingerprint density at radius 1 is 1.33 bits per heavy atom. The van der Waals surface area contributed by atoms with Crippen molar-refractivity contribution in [2.45, 2.75) is 57.5 Å². The molecule has 4 rings (SSSR count). The average Bonchev–Trinajstić information content (AvgIpc) is 2.85. The van der Waals surface area contributed by atoms with E-state index < -0.39 is 5.60 Å². The predicted molar refractivity (Wildman–Crippen MR) is 94.9 cm³/mol. The summed E-state index contributed by atoms with van der Waals surface area (Å²) in [5, 5.41) is 18.9. The quantitative estimate of drug-likeness (QED) is 0.596. The Kier molecular flexibility index (Phi) is 3.65. The third kappa shape index (κ3) is 2.00. The second-order valence-electron chi connectivity index (χ2n) is 8.85. The summed E-state index contributed by atoms with van der Waals surface area (Å²) in [6, 6.07) is 0. The van der Waals surface area contributed by atoms with Gasteiger partial charge in [-0.1, -0.05) is 18.6 Å². The summed E-state index contributed by atoms with van der Waals surface area (Å²) in [4.78, 5) is 11.8. The van der Waals surface area contributed by atoms with E-state index in [0.717, 1.165) is 38.5 Å². The van der Waals surface area contributed by atoms with Crippen LogP contribution in [0.5, 0.6) is 0 Å². The van der Waals surface area contributed by atoms with Gasteiger partial charge in [0.1, 0.15) is 5.60 Å². The highest BCUT2D eigenvalue weighted by atomic mass is 16.3. The smallest absolute Gasteiger partial charge is 0.155 e. The molecule has 7 atom stereocenters. The number of aliphatic hydroxyl groups is 1. The summed E-state index contributed by atoms with van der Waals surface area (Å²) in [6.07, 6.45) is 11.8. The molecule has 3 saturated carbocycles. The van der Waals surface area contributed by atoms with E-state index in [1.807, 2.05) is 6.08 Å². The van der Waals surface area contributed by atoms with Crippen LogP contribution in [0.25, 0.3) is 0 Å². The van der Waals surface area contributed by atoms with Crippen LogP contribution in [0.2, 0.25) is 0 Å². The van der Waals surface area contributed by atoms with Gasteiger partial charge in [0.05, 0.1) is 0 Å². The molecular weight excluding hydrogens is 298 g/mol. The Bertz CT molecular complexity index is 623. The third-order valence-corrected chi connectivity index (χ3v) is 8.11. The maximum atomic E-state index is 11.8. The number of nitrogens with one attached hydrogen (secondary N) is 1. The first kappa shape index (κ1) is 16.3. The Hall–Kier alpha value is -1.22. The molecule has 24 heavy (non-hydrogen) atoms. The molecule has 3 nitrogen and oxygen atoms in total. The molecule has 0 saturated heterocycles. The first-order chi connectivity index (χ1) is 11.4. The molecule has 0 aromatic heterocycles. The highest BCUT2D eigenvalue weighted by molar-refractivity contribution is 5.91. The number of carbonyl (C=O) groups is 1. The first-order valence-electron chi connectivity index (χ1n) is 9.53. The van der Waals surface area contributed by atoms with Crippen molar-refractivity contribution in [1.29, 1.82) is 5.41 Å². The van der Waals surface area contributed by atoms with Crippen molar-refractivity contribution in [2.24, 2.45) is 35.0 Å². The lowest BCUT2D eigenvalue weighted by molar-refractivity contribution is -0.117. The van der Waals surface area contributed by atoms with Crippen LogP contribution in [0.1, 0.15) is 51.9 Å². The molecule has 0 heterocycles. The van der Waals surface area contributed by atoms with E-state index in [0.29, 0.717) is 41.8 Å². The fourth-order valence-electron chi connectivity index (χ4n) is 6.89. The van der Waals surface area contributed by atoms with E-state index in [1.165, 1.54) is 11.8 Å². The van der Waals surface area contributed by atoms with E-state index in [2.05, 4.69) is 19.6 Å². The van der Waals surface area contributed by atoms with Crippen molar-refractivity contribution >= 4 is 12.0 Å². The number of hydrogen-bond donors (Lipinski definition) is 2. The molecule has 3 heteroatoms. The van der Waals surface area contributed by atoms with Crippen molar-refractivity contribution in [3.8, 4) is 0 Å². The number of fused-ring (bicyclic) bond motifs is 5. The molecule has 130 valence electrons. The molecule has 3 fully saturated rings. The van der Waals surface area contributed by atoms with Gasteiger partial charge in [0.25, 0.3) is 0 Å². The van der Waals surface area contributed by atoms with Gasteiger partial charge in [-0.25, -0.2) is 0 Å². The molecule has 0 radical (unpaired) electrons. The van der Waals surface area contributed by atoms with Crippen molar-refractivity contribution in [2.75, 3.05) is 0 Å². The second kappa shape index (κ2) is 5.39. The highest BCUT2D eigenvalue weighted by Gasteiger charge is 2.63. The van der Waals surface area contributed by atoms with E-state index in [4.69, 9.17) is 5.41 Å². The minimum absolute atomic E-state index is 0.208. The van der Waals surface area contributed by atoms with Gasteiger partial charge in [0.15, 0.2) is 5.78 Å². The molecule has 0 amide bonds. The summed E-state index contributed by atoms with van der Waals surface area (Å²) < 4.78 is 0. The first-order valence-corrected chi connectivity index (χ1v) is 9.53. The minimum Gasteiger partial charge on any atom is -0.384 e.